The third kappa shape index (κ3) is 2.89. The van der Waals surface area contributed by atoms with Gasteiger partial charge in [0.05, 0.1) is 7.11 Å². The van der Waals surface area contributed by atoms with Crippen LogP contribution in [0.3, 0.4) is 0 Å². The van der Waals surface area contributed by atoms with Crippen LogP contribution in [-0.2, 0) is 6.42 Å². The molecule has 0 radical (unpaired) electrons. The first-order chi connectivity index (χ1) is 9.35. The summed E-state index contributed by atoms with van der Waals surface area (Å²) in [4.78, 5) is 4.52. The van der Waals surface area contributed by atoms with Gasteiger partial charge in [0.1, 0.15) is 11.3 Å². The quantitative estimate of drug-likeness (QED) is 0.918. The summed E-state index contributed by atoms with van der Waals surface area (Å²) < 4.78 is 11.0. The maximum Gasteiger partial charge on any atom is 0.195 e. The fourth-order valence-corrected chi connectivity index (χ4v) is 2.65. The van der Waals surface area contributed by atoms with Crippen LogP contribution in [-0.4, -0.2) is 24.7 Å². The summed E-state index contributed by atoms with van der Waals surface area (Å²) in [7, 11) is 1.66. The number of hydrogen-bond donors (Lipinski definition) is 1. The Kier molecular flexibility index (Phi) is 3.69. The highest BCUT2D eigenvalue weighted by atomic mass is 16.5. The molecule has 1 aliphatic rings. The minimum Gasteiger partial charge on any atom is -0.497 e. The Balaban J connectivity index is 1.67. The Morgan fingerprint density at radius 1 is 1.42 bits per heavy atom. The van der Waals surface area contributed by atoms with Crippen LogP contribution in [0, 0.1) is 0 Å². The van der Waals surface area contributed by atoms with E-state index >= 15 is 0 Å². The van der Waals surface area contributed by atoms with Crippen molar-refractivity contribution in [1.29, 1.82) is 0 Å². The van der Waals surface area contributed by atoms with E-state index in [0.29, 0.717) is 6.04 Å². The largest absolute Gasteiger partial charge is 0.497 e. The molecule has 2 aromatic rings. The molecule has 4 nitrogen and oxygen atoms in total. The molecule has 1 fully saturated rings. The molecule has 1 saturated heterocycles. The van der Waals surface area contributed by atoms with Crippen molar-refractivity contribution in [2.24, 2.45) is 0 Å². The maximum absolute atomic E-state index is 5.78. The van der Waals surface area contributed by atoms with Crippen molar-refractivity contribution in [1.82, 2.24) is 10.3 Å². The molecule has 0 amide bonds. The molecule has 19 heavy (non-hydrogen) atoms. The van der Waals surface area contributed by atoms with E-state index in [0.717, 1.165) is 42.1 Å². The van der Waals surface area contributed by atoms with Crippen molar-refractivity contribution in [3.8, 4) is 5.75 Å². The summed E-state index contributed by atoms with van der Waals surface area (Å²) in [6.07, 6.45) is 5.91. The zero-order valence-corrected chi connectivity index (χ0v) is 11.3. The first-order valence-electron chi connectivity index (χ1n) is 7.02. The van der Waals surface area contributed by atoms with Crippen molar-refractivity contribution < 1.29 is 9.15 Å². The van der Waals surface area contributed by atoms with Gasteiger partial charge in [-0.15, -0.1) is 0 Å². The number of aromatic nitrogens is 1. The standard InChI is InChI=1S/C15H20N2O2/c1-18-12-6-7-13-14(10-12)19-15(17-13)8-5-11-4-2-3-9-16-11/h6-7,10-11,16H,2-5,8-9H2,1H3. The second-order valence-electron chi connectivity index (χ2n) is 5.13. The second-order valence-corrected chi connectivity index (χ2v) is 5.13. The molecule has 0 spiro atoms. The minimum absolute atomic E-state index is 0.623. The van der Waals surface area contributed by atoms with E-state index in [1.807, 2.05) is 18.2 Å². The van der Waals surface area contributed by atoms with Gasteiger partial charge in [0.25, 0.3) is 0 Å². The number of methoxy groups -OCH3 is 1. The van der Waals surface area contributed by atoms with Crippen LogP contribution < -0.4 is 10.1 Å². The SMILES string of the molecule is COc1ccc2nc(CCC3CCCCN3)oc2c1. The van der Waals surface area contributed by atoms with Crippen LogP contribution in [0.4, 0.5) is 0 Å². The summed E-state index contributed by atoms with van der Waals surface area (Å²) in [5.74, 6) is 1.64. The summed E-state index contributed by atoms with van der Waals surface area (Å²) in [5, 5.41) is 3.55. The molecule has 102 valence electrons. The van der Waals surface area contributed by atoms with Gasteiger partial charge in [-0.2, -0.15) is 0 Å². The monoisotopic (exact) mass is 260 g/mol. The molecule has 1 unspecified atom stereocenters. The lowest BCUT2D eigenvalue weighted by Gasteiger charge is -2.22. The molecule has 2 heterocycles. The number of nitrogens with zero attached hydrogens (tertiary/aromatic N) is 1. The lowest BCUT2D eigenvalue weighted by atomic mass is 10.0. The highest BCUT2D eigenvalue weighted by Crippen LogP contribution is 2.22. The number of hydrogen-bond acceptors (Lipinski definition) is 4. The first-order valence-corrected chi connectivity index (χ1v) is 7.02. The lowest BCUT2D eigenvalue weighted by Crippen LogP contribution is -2.34. The average molecular weight is 260 g/mol. The summed E-state index contributed by atoms with van der Waals surface area (Å²) in [6.45, 7) is 1.15. The molecule has 0 bridgehead atoms. The van der Waals surface area contributed by atoms with E-state index in [9.17, 15) is 0 Å². The fourth-order valence-electron chi connectivity index (χ4n) is 2.65. The molecular formula is C15H20N2O2. The van der Waals surface area contributed by atoms with Gasteiger partial charge < -0.3 is 14.5 Å². The molecule has 4 heteroatoms. The predicted molar refractivity (Wildman–Crippen MR) is 74.5 cm³/mol. The van der Waals surface area contributed by atoms with Gasteiger partial charge in [-0.25, -0.2) is 4.98 Å². The normalized spacial score (nSPS) is 19.7. The van der Waals surface area contributed by atoms with Gasteiger partial charge in [-0.1, -0.05) is 6.42 Å². The van der Waals surface area contributed by atoms with Crippen LogP contribution in [0.2, 0.25) is 0 Å². The van der Waals surface area contributed by atoms with E-state index in [4.69, 9.17) is 9.15 Å². The van der Waals surface area contributed by atoms with Crippen molar-refractivity contribution >= 4 is 11.1 Å². The predicted octanol–water partition coefficient (Wildman–Crippen LogP) is 2.91. The van der Waals surface area contributed by atoms with E-state index in [-0.39, 0.29) is 0 Å². The van der Waals surface area contributed by atoms with E-state index < -0.39 is 0 Å². The van der Waals surface area contributed by atoms with Crippen LogP contribution in [0.15, 0.2) is 22.6 Å². The number of piperidine rings is 1. The first kappa shape index (κ1) is 12.5. The molecule has 1 N–H and O–H groups in total. The summed E-state index contributed by atoms with van der Waals surface area (Å²) in [6, 6.07) is 6.38. The topological polar surface area (TPSA) is 47.3 Å². The third-order valence-electron chi connectivity index (χ3n) is 3.76. The number of aryl methyl sites for hydroxylation is 1. The van der Waals surface area contributed by atoms with E-state index in [1.54, 1.807) is 7.11 Å². The van der Waals surface area contributed by atoms with Gasteiger partial charge >= 0.3 is 0 Å². The molecule has 1 aromatic carbocycles. The van der Waals surface area contributed by atoms with Gasteiger partial charge in [0.15, 0.2) is 11.5 Å². The zero-order chi connectivity index (χ0) is 13.1. The van der Waals surface area contributed by atoms with Crippen molar-refractivity contribution in [3.05, 3.63) is 24.1 Å². The number of benzene rings is 1. The Morgan fingerprint density at radius 3 is 3.16 bits per heavy atom. The zero-order valence-electron chi connectivity index (χ0n) is 11.3. The van der Waals surface area contributed by atoms with Crippen LogP contribution in [0.1, 0.15) is 31.6 Å². The summed E-state index contributed by atoms with van der Waals surface area (Å²) >= 11 is 0. The third-order valence-corrected chi connectivity index (χ3v) is 3.76. The average Bonchev–Trinajstić information content (AvgIpc) is 2.88. The second kappa shape index (κ2) is 5.61. The Hall–Kier alpha value is -1.55. The van der Waals surface area contributed by atoms with Gasteiger partial charge in [-0.05, 0) is 37.9 Å². The van der Waals surface area contributed by atoms with Crippen LogP contribution in [0.5, 0.6) is 5.75 Å². The molecule has 1 aliphatic heterocycles. The molecule has 1 atom stereocenters. The molecule has 0 aliphatic carbocycles. The molecule has 3 rings (SSSR count). The molecular weight excluding hydrogens is 240 g/mol. The minimum atomic E-state index is 0.623. The van der Waals surface area contributed by atoms with Crippen LogP contribution >= 0.6 is 0 Å². The van der Waals surface area contributed by atoms with Crippen molar-refractivity contribution in [3.63, 3.8) is 0 Å². The molecule has 1 aromatic heterocycles. The van der Waals surface area contributed by atoms with Gasteiger partial charge in [0, 0.05) is 18.5 Å². The molecule has 0 saturated carbocycles. The number of fused-ring (bicyclic) bond motifs is 1. The Bertz CT molecular complexity index is 544. The Morgan fingerprint density at radius 2 is 2.37 bits per heavy atom. The highest BCUT2D eigenvalue weighted by molar-refractivity contribution is 5.74. The maximum atomic E-state index is 5.78. The fraction of sp³-hybridized carbons (Fsp3) is 0.533. The van der Waals surface area contributed by atoms with Crippen molar-refractivity contribution in [2.75, 3.05) is 13.7 Å². The lowest BCUT2D eigenvalue weighted by molar-refractivity contribution is 0.371. The van der Waals surface area contributed by atoms with E-state index in [1.165, 1.54) is 19.3 Å². The number of rotatable bonds is 4. The number of nitrogens with one attached hydrogen (secondary N) is 1. The van der Waals surface area contributed by atoms with E-state index in [2.05, 4.69) is 10.3 Å². The van der Waals surface area contributed by atoms with Crippen LogP contribution in [0.25, 0.3) is 11.1 Å². The Labute approximate surface area is 113 Å². The smallest absolute Gasteiger partial charge is 0.195 e. The van der Waals surface area contributed by atoms with Gasteiger partial charge in [0.2, 0.25) is 0 Å². The van der Waals surface area contributed by atoms with Crippen molar-refractivity contribution in [2.45, 2.75) is 38.1 Å². The highest BCUT2D eigenvalue weighted by Gasteiger charge is 2.14. The number of ether oxygens (including phenoxy) is 1. The summed E-state index contributed by atoms with van der Waals surface area (Å²) in [5.41, 5.74) is 1.72. The van der Waals surface area contributed by atoms with Gasteiger partial charge in [-0.3, -0.25) is 0 Å². The number of oxazole rings is 1.